The van der Waals surface area contributed by atoms with Crippen molar-refractivity contribution in [3.05, 3.63) is 135 Å². The monoisotopic (exact) mass is 1060 g/mol. The molecule has 1 atom stereocenters. The van der Waals surface area contributed by atoms with Gasteiger partial charge in [0, 0.05) is 110 Å². The normalized spacial score (nSPS) is 16.2. The van der Waals surface area contributed by atoms with E-state index < -0.39 is 23.3 Å². The zero-order chi connectivity index (χ0) is 48.0. The summed E-state index contributed by atoms with van der Waals surface area (Å²) in [6, 6.07) is 25.8. The van der Waals surface area contributed by atoms with Gasteiger partial charge >= 0.3 is 6.18 Å². The van der Waals surface area contributed by atoms with Gasteiger partial charge < -0.3 is 25.5 Å². The van der Waals surface area contributed by atoms with Crippen LogP contribution in [-0.4, -0.2) is 108 Å². The number of anilines is 1. The number of carbonyl (C=O) groups is 3. The summed E-state index contributed by atoms with van der Waals surface area (Å²) >= 11 is 8.84. The Labute approximate surface area is 410 Å². The van der Waals surface area contributed by atoms with E-state index in [9.17, 15) is 37.5 Å². The van der Waals surface area contributed by atoms with Crippen molar-refractivity contribution in [1.29, 1.82) is 0 Å². The molecule has 3 N–H and O–H groups in total. The van der Waals surface area contributed by atoms with Crippen LogP contribution in [0.4, 0.5) is 18.9 Å². The number of fused-ring (bicyclic) bond motifs is 2. The number of aliphatic hydroxyl groups is 1. The second-order valence-corrected chi connectivity index (χ2v) is 19.4. The van der Waals surface area contributed by atoms with Gasteiger partial charge in [-0.3, -0.25) is 23.7 Å². The predicted octanol–water partition coefficient (Wildman–Crippen LogP) is 8.00. The van der Waals surface area contributed by atoms with Crippen LogP contribution in [0.1, 0.15) is 53.6 Å². The van der Waals surface area contributed by atoms with Gasteiger partial charge in [-0.25, -0.2) is 13.1 Å². The first-order chi connectivity index (χ1) is 32.6. The van der Waals surface area contributed by atoms with Crippen molar-refractivity contribution in [1.82, 2.24) is 32.8 Å². The Kier molecular flexibility index (Phi) is 15.4. The molecular formula is C50H51ClF3IN8O5. The highest BCUT2D eigenvalue weighted by Gasteiger charge is 2.37. The molecule has 0 radical (unpaired) electrons. The Balaban J connectivity index is 0.855. The summed E-state index contributed by atoms with van der Waals surface area (Å²) < 4.78 is 43.9. The molecule has 2 saturated heterocycles. The molecule has 2 aliphatic heterocycles. The third-order valence-corrected chi connectivity index (χ3v) is 14.0. The van der Waals surface area contributed by atoms with Gasteiger partial charge in [0.25, 0.3) is 11.5 Å². The van der Waals surface area contributed by atoms with Crippen LogP contribution in [0.5, 0.6) is 0 Å². The van der Waals surface area contributed by atoms with Crippen LogP contribution in [-0.2, 0) is 28.7 Å². The molecule has 13 nitrogen and oxygen atoms in total. The van der Waals surface area contributed by atoms with E-state index >= 15 is 0 Å². The molecule has 0 saturated carbocycles. The van der Waals surface area contributed by atoms with Crippen LogP contribution in [0, 0.1) is 5.92 Å². The van der Waals surface area contributed by atoms with Crippen molar-refractivity contribution < 1.29 is 32.7 Å². The SMILES string of the molecule is O=C(CCN1CCN(I)CC1)Nc1ccc2c(=O)n(CC3(O)CCN(C(=O)C(CCCNC(=O)c4ccc5c(Cl)cc(-c6cccc(C(F)(F)F)c6)nc5c4)Cc4ccccc4)CC3)cnc2c1. The van der Waals surface area contributed by atoms with Gasteiger partial charge in [-0.05, 0) is 86.2 Å². The molecule has 1 unspecified atom stereocenters. The van der Waals surface area contributed by atoms with Crippen molar-refractivity contribution in [3.63, 3.8) is 0 Å². The number of likely N-dealkylation sites (tertiary alicyclic amines) is 1. The summed E-state index contributed by atoms with van der Waals surface area (Å²) in [4.78, 5) is 66.9. The Morgan fingerprint density at radius 1 is 0.868 bits per heavy atom. The zero-order valence-corrected chi connectivity index (χ0v) is 40.1. The maximum atomic E-state index is 14.2. The van der Waals surface area contributed by atoms with Crippen LogP contribution < -0.4 is 16.2 Å². The predicted molar refractivity (Wildman–Crippen MR) is 264 cm³/mol. The number of halogens is 5. The molecule has 0 bridgehead atoms. The molecule has 4 heterocycles. The summed E-state index contributed by atoms with van der Waals surface area (Å²) in [5.41, 5.74) is 0.726. The minimum absolute atomic E-state index is 0.00551. The molecule has 6 aromatic rings. The van der Waals surface area contributed by atoms with Crippen LogP contribution in [0.3, 0.4) is 0 Å². The first kappa shape index (κ1) is 49.0. The first-order valence-corrected chi connectivity index (χ1v) is 24.0. The Hall–Kier alpha value is -5.47. The zero-order valence-electron chi connectivity index (χ0n) is 37.2. The molecule has 2 aliphatic rings. The lowest BCUT2D eigenvalue weighted by atomic mass is 9.88. The maximum Gasteiger partial charge on any atom is 0.416 e. The van der Waals surface area contributed by atoms with Gasteiger partial charge in [0.2, 0.25) is 11.8 Å². The van der Waals surface area contributed by atoms with E-state index in [4.69, 9.17) is 11.6 Å². The lowest BCUT2D eigenvalue weighted by molar-refractivity contribution is -0.140. The third kappa shape index (κ3) is 12.2. The number of piperazine rings is 1. The van der Waals surface area contributed by atoms with Gasteiger partial charge in [0.15, 0.2) is 0 Å². The number of pyridine rings is 1. The highest BCUT2D eigenvalue weighted by Crippen LogP contribution is 2.34. The van der Waals surface area contributed by atoms with E-state index in [1.54, 1.807) is 41.3 Å². The van der Waals surface area contributed by atoms with Gasteiger partial charge in [0.1, 0.15) is 0 Å². The average molecular weight is 1060 g/mol. The summed E-state index contributed by atoms with van der Waals surface area (Å²) in [7, 11) is 0. The van der Waals surface area contributed by atoms with Crippen molar-refractivity contribution in [2.45, 2.75) is 56.8 Å². The number of alkyl halides is 3. The average Bonchev–Trinajstić information content (AvgIpc) is 3.33. The molecule has 0 aliphatic carbocycles. The number of amides is 3. The first-order valence-electron chi connectivity index (χ1n) is 22.6. The lowest BCUT2D eigenvalue weighted by Gasteiger charge is -2.39. The minimum atomic E-state index is -4.53. The number of aromatic nitrogens is 3. The van der Waals surface area contributed by atoms with Crippen LogP contribution in [0.25, 0.3) is 33.1 Å². The quantitative estimate of drug-likeness (QED) is 0.0528. The van der Waals surface area contributed by atoms with Crippen LogP contribution >= 0.6 is 34.5 Å². The molecule has 8 rings (SSSR count). The van der Waals surface area contributed by atoms with E-state index in [0.717, 1.165) is 43.9 Å². The molecule has 2 aromatic heterocycles. The summed E-state index contributed by atoms with van der Waals surface area (Å²) in [6.45, 7) is 5.31. The van der Waals surface area contributed by atoms with Crippen molar-refractivity contribution in [2.75, 3.05) is 57.7 Å². The highest BCUT2D eigenvalue weighted by molar-refractivity contribution is 14.1. The van der Waals surface area contributed by atoms with Crippen molar-refractivity contribution in [2.24, 2.45) is 5.92 Å². The molecule has 4 aromatic carbocycles. The Morgan fingerprint density at radius 2 is 1.62 bits per heavy atom. The number of hydrogen-bond donors (Lipinski definition) is 3. The lowest BCUT2D eigenvalue weighted by Crippen LogP contribution is -2.51. The van der Waals surface area contributed by atoms with Gasteiger partial charge in [-0.2, -0.15) is 13.2 Å². The van der Waals surface area contributed by atoms with E-state index in [0.29, 0.717) is 78.4 Å². The largest absolute Gasteiger partial charge is 0.416 e. The number of nitrogens with one attached hydrogen (secondary N) is 2. The fraction of sp³-hybridized carbons (Fsp3) is 0.360. The second kappa shape index (κ2) is 21.4. The van der Waals surface area contributed by atoms with Crippen LogP contribution in [0.2, 0.25) is 5.02 Å². The van der Waals surface area contributed by atoms with E-state index in [1.165, 1.54) is 29.1 Å². The van der Waals surface area contributed by atoms with Gasteiger partial charge in [-0.1, -0.05) is 60.1 Å². The number of nitrogens with zero attached hydrogens (tertiary/aromatic N) is 6. The molecule has 2 fully saturated rings. The minimum Gasteiger partial charge on any atom is -0.388 e. The fourth-order valence-electron chi connectivity index (χ4n) is 8.85. The van der Waals surface area contributed by atoms with E-state index in [2.05, 4.69) is 51.5 Å². The number of carbonyl (C=O) groups excluding carboxylic acids is 3. The second-order valence-electron chi connectivity index (χ2n) is 17.6. The van der Waals surface area contributed by atoms with Gasteiger partial charge in [0.05, 0.1) is 51.2 Å². The standard InChI is InChI=1S/C50H51ClF3IN8O5/c51-41-30-42(34-8-4-10-37(27-34)50(52,53)54)59-44-28-35(11-13-39(41)44)46(65)56-18-5-9-36(26-33-6-2-1-3-7-33)47(66)61-20-16-49(68,17-21-61)31-62-32-57-43-29-38(12-14-40(43)48(62)67)58-45(64)15-19-60-22-24-63(55)25-23-60/h1-4,6-8,10-14,27-30,32,36,68H,5,9,15-26,31H2,(H,56,65)(H,58,64). The molecule has 68 heavy (non-hydrogen) atoms. The molecule has 0 spiro atoms. The Bertz CT molecular complexity index is 2850. The highest BCUT2D eigenvalue weighted by atomic mass is 127. The molecule has 18 heteroatoms. The summed E-state index contributed by atoms with van der Waals surface area (Å²) in [5.74, 6) is -0.944. The van der Waals surface area contributed by atoms with Crippen molar-refractivity contribution >= 4 is 79.7 Å². The number of benzene rings is 4. The number of rotatable bonds is 15. The number of hydrogen-bond acceptors (Lipinski definition) is 9. The molecule has 3 amide bonds. The fourth-order valence-corrected chi connectivity index (χ4v) is 9.54. The van der Waals surface area contributed by atoms with Gasteiger partial charge in [-0.15, -0.1) is 0 Å². The summed E-state index contributed by atoms with van der Waals surface area (Å²) in [6.07, 6.45) is -0.790. The summed E-state index contributed by atoms with van der Waals surface area (Å²) in [5, 5.41) is 18.8. The van der Waals surface area contributed by atoms with E-state index in [-0.39, 0.29) is 65.5 Å². The Morgan fingerprint density at radius 3 is 2.37 bits per heavy atom. The third-order valence-electron chi connectivity index (χ3n) is 12.7. The van der Waals surface area contributed by atoms with Crippen molar-refractivity contribution in [3.8, 4) is 11.3 Å². The topological polar surface area (TPSA) is 153 Å². The maximum absolute atomic E-state index is 14.2. The molecule has 356 valence electrons. The number of piperidine rings is 1. The van der Waals surface area contributed by atoms with E-state index in [1.807, 2.05) is 30.3 Å². The smallest absolute Gasteiger partial charge is 0.388 e. The van der Waals surface area contributed by atoms with Crippen LogP contribution in [0.15, 0.2) is 108 Å². The molecular weight excluding hydrogens is 1010 g/mol.